The van der Waals surface area contributed by atoms with E-state index in [4.69, 9.17) is 5.11 Å². The van der Waals surface area contributed by atoms with Crippen molar-refractivity contribution in [3.05, 3.63) is 12.2 Å². The molecule has 1 aromatic rings. The molecule has 3 N–H and O–H groups in total. The quantitative estimate of drug-likeness (QED) is 0.580. The first kappa shape index (κ1) is 12.9. The van der Waals surface area contributed by atoms with E-state index in [1.165, 1.54) is 0 Å². The Morgan fingerprint density at radius 3 is 2.82 bits per heavy atom. The molecule has 17 heavy (non-hydrogen) atoms. The van der Waals surface area contributed by atoms with Gasteiger partial charge < -0.3 is 20.3 Å². The van der Waals surface area contributed by atoms with Crippen molar-refractivity contribution in [2.75, 3.05) is 6.54 Å². The third-order valence-corrected chi connectivity index (χ3v) is 2.07. The van der Waals surface area contributed by atoms with Crippen LogP contribution in [0, 0.1) is 0 Å². The molecule has 1 heterocycles. The van der Waals surface area contributed by atoms with Gasteiger partial charge in [0.2, 0.25) is 0 Å². The molecular weight excluding hydrogens is 226 g/mol. The number of aryl methyl sites for hydroxylation is 1. The minimum Gasteiger partial charge on any atom is -0.481 e. The van der Waals surface area contributed by atoms with Crippen molar-refractivity contribution >= 4 is 12.0 Å². The van der Waals surface area contributed by atoms with Crippen LogP contribution in [0.15, 0.2) is 6.33 Å². The Kier molecular flexibility index (Phi) is 4.92. The van der Waals surface area contributed by atoms with Gasteiger partial charge >= 0.3 is 12.0 Å². The SMILES string of the molecule is Cn1cnnc1CNC(=O)NCCCC(=O)O. The third-order valence-electron chi connectivity index (χ3n) is 2.07. The molecule has 94 valence electrons. The Balaban J connectivity index is 2.13. The fraction of sp³-hybridized carbons (Fsp3) is 0.556. The minimum absolute atomic E-state index is 0.0452. The number of carbonyl (C=O) groups excluding carboxylic acids is 1. The van der Waals surface area contributed by atoms with Crippen molar-refractivity contribution in [3.8, 4) is 0 Å². The Bertz CT molecular complexity index is 390. The highest BCUT2D eigenvalue weighted by molar-refractivity contribution is 5.73. The van der Waals surface area contributed by atoms with Crippen molar-refractivity contribution in [3.63, 3.8) is 0 Å². The first-order valence-electron chi connectivity index (χ1n) is 5.16. The second kappa shape index (κ2) is 6.46. The Hall–Kier alpha value is -2.12. The normalized spacial score (nSPS) is 9.94. The maximum absolute atomic E-state index is 11.3. The number of nitrogens with zero attached hydrogens (tertiary/aromatic N) is 3. The van der Waals surface area contributed by atoms with Gasteiger partial charge in [0.25, 0.3) is 0 Å². The fourth-order valence-corrected chi connectivity index (χ4v) is 1.13. The zero-order valence-electron chi connectivity index (χ0n) is 9.51. The number of hydrogen-bond acceptors (Lipinski definition) is 4. The third kappa shape index (κ3) is 4.96. The van der Waals surface area contributed by atoms with Crippen molar-refractivity contribution in [2.24, 2.45) is 7.05 Å². The summed E-state index contributed by atoms with van der Waals surface area (Å²) in [4.78, 5) is 21.5. The standard InChI is InChI=1S/C9H15N5O3/c1-14-6-12-13-7(14)5-11-9(17)10-4-2-3-8(15)16/h6H,2-5H2,1H3,(H,15,16)(H2,10,11,17). The van der Waals surface area contributed by atoms with E-state index in [9.17, 15) is 9.59 Å². The van der Waals surface area contributed by atoms with Crippen LogP contribution in [0.1, 0.15) is 18.7 Å². The number of aliphatic carboxylic acids is 1. The molecule has 0 aliphatic heterocycles. The van der Waals surface area contributed by atoms with Crippen LogP contribution in [0.25, 0.3) is 0 Å². The van der Waals surface area contributed by atoms with E-state index < -0.39 is 5.97 Å². The monoisotopic (exact) mass is 241 g/mol. The summed E-state index contributed by atoms with van der Waals surface area (Å²) in [6, 6.07) is -0.349. The lowest BCUT2D eigenvalue weighted by atomic mass is 10.3. The van der Waals surface area contributed by atoms with Gasteiger partial charge in [-0.15, -0.1) is 10.2 Å². The number of aromatic nitrogens is 3. The molecule has 0 aliphatic carbocycles. The summed E-state index contributed by atoms with van der Waals surface area (Å²) in [5, 5.41) is 21.0. The largest absolute Gasteiger partial charge is 0.481 e. The average molecular weight is 241 g/mol. The fourth-order valence-electron chi connectivity index (χ4n) is 1.13. The lowest BCUT2D eigenvalue weighted by Gasteiger charge is -2.06. The molecule has 0 saturated carbocycles. The van der Waals surface area contributed by atoms with Crippen LogP contribution < -0.4 is 10.6 Å². The predicted octanol–water partition coefficient (Wildman–Crippen LogP) is -0.521. The van der Waals surface area contributed by atoms with Crippen LogP contribution in [-0.4, -0.2) is 38.4 Å². The van der Waals surface area contributed by atoms with E-state index in [-0.39, 0.29) is 19.0 Å². The average Bonchev–Trinajstić information content (AvgIpc) is 2.67. The van der Waals surface area contributed by atoms with Gasteiger partial charge in [-0.3, -0.25) is 4.79 Å². The second-order valence-corrected chi connectivity index (χ2v) is 3.46. The van der Waals surface area contributed by atoms with Crippen LogP contribution in [0.2, 0.25) is 0 Å². The lowest BCUT2D eigenvalue weighted by Crippen LogP contribution is -2.36. The summed E-state index contributed by atoms with van der Waals surface area (Å²) < 4.78 is 1.70. The van der Waals surface area contributed by atoms with Gasteiger partial charge in [0.15, 0.2) is 5.82 Å². The maximum atomic E-state index is 11.3. The molecule has 0 aromatic carbocycles. The Morgan fingerprint density at radius 2 is 2.24 bits per heavy atom. The van der Waals surface area contributed by atoms with E-state index in [2.05, 4.69) is 20.8 Å². The highest BCUT2D eigenvalue weighted by Crippen LogP contribution is 1.90. The van der Waals surface area contributed by atoms with E-state index in [1.807, 2.05) is 0 Å². The molecule has 0 unspecified atom stereocenters. The van der Waals surface area contributed by atoms with E-state index in [0.717, 1.165) is 0 Å². The summed E-state index contributed by atoms with van der Waals surface area (Å²) >= 11 is 0. The lowest BCUT2D eigenvalue weighted by molar-refractivity contribution is -0.137. The summed E-state index contributed by atoms with van der Waals surface area (Å²) in [7, 11) is 1.78. The molecule has 0 saturated heterocycles. The number of hydrogen-bond donors (Lipinski definition) is 3. The maximum Gasteiger partial charge on any atom is 0.315 e. The van der Waals surface area contributed by atoms with Crippen molar-refractivity contribution in [2.45, 2.75) is 19.4 Å². The zero-order chi connectivity index (χ0) is 12.7. The van der Waals surface area contributed by atoms with E-state index in [1.54, 1.807) is 17.9 Å². The van der Waals surface area contributed by atoms with Crippen LogP contribution in [0.5, 0.6) is 0 Å². The van der Waals surface area contributed by atoms with E-state index in [0.29, 0.717) is 18.8 Å². The minimum atomic E-state index is -0.869. The zero-order valence-corrected chi connectivity index (χ0v) is 9.51. The number of carboxylic acid groups (broad SMARTS) is 1. The molecule has 0 aliphatic rings. The molecular formula is C9H15N5O3. The Morgan fingerprint density at radius 1 is 1.47 bits per heavy atom. The molecule has 8 nitrogen and oxygen atoms in total. The van der Waals surface area contributed by atoms with Gasteiger partial charge in [-0.05, 0) is 6.42 Å². The molecule has 1 rings (SSSR count). The van der Waals surface area contributed by atoms with Gasteiger partial charge in [0, 0.05) is 20.0 Å². The van der Waals surface area contributed by atoms with Crippen LogP contribution in [-0.2, 0) is 18.4 Å². The number of amides is 2. The molecule has 1 aromatic heterocycles. The van der Waals surface area contributed by atoms with Gasteiger partial charge in [-0.25, -0.2) is 4.79 Å². The number of nitrogens with one attached hydrogen (secondary N) is 2. The molecule has 2 amide bonds. The second-order valence-electron chi connectivity index (χ2n) is 3.46. The molecule has 0 spiro atoms. The van der Waals surface area contributed by atoms with E-state index >= 15 is 0 Å². The molecule has 0 atom stereocenters. The van der Waals surface area contributed by atoms with Crippen LogP contribution in [0.3, 0.4) is 0 Å². The summed E-state index contributed by atoms with van der Waals surface area (Å²) in [5.41, 5.74) is 0. The molecule has 0 radical (unpaired) electrons. The summed E-state index contributed by atoms with van der Waals surface area (Å²) in [5.74, 6) is -0.225. The van der Waals surface area contributed by atoms with Gasteiger partial charge in [-0.2, -0.15) is 0 Å². The summed E-state index contributed by atoms with van der Waals surface area (Å²) in [6.07, 6.45) is 2.00. The van der Waals surface area contributed by atoms with Gasteiger partial charge in [-0.1, -0.05) is 0 Å². The summed E-state index contributed by atoms with van der Waals surface area (Å²) in [6.45, 7) is 0.609. The molecule has 0 bridgehead atoms. The van der Waals surface area contributed by atoms with Crippen molar-refractivity contribution in [1.29, 1.82) is 0 Å². The predicted molar refractivity (Wildman–Crippen MR) is 58.1 cm³/mol. The smallest absolute Gasteiger partial charge is 0.315 e. The van der Waals surface area contributed by atoms with Crippen LogP contribution in [0.4, 0.5) is 4.79 Å². The van der Waals surface area contributed by atoms with Crippen molar-refractivity contribution in [1.82, 2.24) is 25.4 Å². The van der Waals surface area contributed by atoms with Crippen molar-refractivity contribution < 1.29 is 14.7 Å². The first-order chi connectivity index (χ1) is 8.09. The number of urea groups is 1. The number of rotatable bonds is 6. The van der Waals surface area contributed by atoms with Gasteiger partial charge in [0.05, 0.1) is 6.54 Å². The Labute approximate surface area is 98.0 Å². The highest BCUT2D eigenvalue weighted by atomic mass is 16.4. The molecule has 8 heteroatoms. The number of carboxylic acids is 1. The first-order valence-corrected chi connectivity index (χ1v) is 5.16. The number of carbonyl (C=O) groups is 2. The van der Waals surface area contributed by atoms with Crippen LogP contribution >= 0.6 is 0 Å². The highest BCUT2D eigenvalue weighted by Gasteiger charge is 2.04. The molecule has 0 fully saturated rings. The topological polar surface area (TPSA) is 109 Å². The van der Waals surface area contributed by atoms with Gasteiger partial charge in [0.1, 0.15) is 6.33 Å².